The van der Waals surface area contributed by atoms with Gasteiger partial charge in [0.2, 0.25) is 0 Å². The minimum absolute atomic E-state index is 0.262. The Morgan fingerprint density at radius 1 is 1.65 bits per heavy atom. The van der Waals surface area contributed by atoms with E-state index in [1.807, 2.05) is 18.0 Å². The largest absolute Gasteiger partial charge is 0.477 e. The molecule has 2 rings (SSSR count). The number of nitrogens with zero attached hydrogens (tertiary/aromatic N) is 2. The Kier molecular flexibility index (Phi) is 3.80. The zero-order valence-corrected chi connectivity index (χ0v) is 12.1. The number of aromatic nitrogens is 1. The molecule has 0 saturated carbocycles. The molecule has 0 fully saturated rings. The molecule has 0 radical (unpaired) electrons. The van der Waals surface area contributed by atoms with E-state index in [0.717, 1.165) is 3.79 Å². The van der Waals surface area contributed by atoms with Crippen LogP contribution in [0.5, 0.6) is 0 Å². The molecule has 0 amide bonds. The van der Waals surface area contributed by atoms with Crippen LogP contribution < -0.4 is 4.90 Å². The predicted octanol–water partition coefficient (Wildman–Crippen LogP) is 3.30. The summed E-state index contributed by atoms with van der Waals surface area (Å²) in [4.78, 5) is 17.0. The number of anilines is 1. The van der Waals surface area contributed by atoms with E-state index in [0.29, 0.717) is 11.7 Å². The molecule has 17 heavy (non-hydrogen) atoms. The molecular formula is C10H9BrN2O2S2. The van der Waals surface area contributed by atoms with Crippen molar-refractivity contribution in [3.8, 4) is 0 Å². The zero-order chi connectivity index (χ0) is 12.4. The number of carboxylic acid groups (broad SMARTS) is 1. The highest BCUT2D eigenvalue weighted by molar-refractivity contribution is 9.11. The number of thiazole rings is 1. The molecule has 0 spiro atoms. The topological polar surface area (TPSA) is 53.4 Å². The molecule has 0 aliphatic carbocycles. The number of hydrogen-bond acceptors (Lipinski definition) is 5. The van der Waals surface area contributed by atoms with Crippen LogP contribution in [-0.4, -0.2) is 23.1 Å². The van der Waals surface area contributed by atoms with Gasteiger partial charge in [-0.2, -0.15) is 0 Å². The smallest absolute Gasteiger partial charge is 0.347 e. The molecule has 7 heteroatoms. The molecule has 2 aromatic heterocycles. The highest BCUT2D eigenvalue weighted by Gasteiger charge is 2.12. The number of carboxylic acids is 1. The van der Waals surface area contributed by atoms with Crippen LogP contribution in [0.15, 0.2) is 21.4 Å². The molecular weight excluding hydrogens is 324 g/mol. The number of halogens is 1. The lowest BCUT2D eigenvalue weighted by Crippen LogP contribution is -2.15. The van der Waals surface area contributed by atoms with Gasteiger partial charge in [-0.1, -0.05) is 11.3 Å². The van der Waals surface area contributed by atoms with Gasteiger partial charge in [-0.15, -0.1) is 11.3 Å². The number of rotatable bonds is 4. The van der Waals surface area contributed by atoms with Crippen molar-refractivity contribution < 1.29 is 9.90 Å². The Labute approximate surface area is 115 Å². The van der Waals surface area contributed by atoms with E-state index in [1.165, 1.54) is 23.1 Å². The van der Waals surface area contributed by atoms with Crippen molar-refractivity contribution in [2.45, 2.75) is 6.54 Å². The first-order chi connectivity index (χ1) is 8.06. The van der Waals surface area contributed by atoms with Crippen LogP contribution in [0, 0.1) is 0 Å². The fourth-order valence-corrected chi connectivity index (χ4v) is 3.23. The van der Waals surface area contributed by atoms with E-state index in [9.17, 15) is 4.79 Å². The second-order valence-corrected chi connectivity index (χ2v) is 6.73. The van der Waals surface area contributed by atoms with Crippen LogP contribution in [-0.2, 0) is 6.54 Å². The summed E-state index contributed by atoms with van der Waals surface area (Å²) in [6, 6.07) is 2.05. The van der Waals surface area contributed by atoms with E-state index in [1.54, 1.807) is 11.3 Å². The molecule has 0 atom stereocenters. The predicted molar refractivity (Wildman–Crippen MR) is 73.2 cm³/mol. The molecule has 0 aliphatic heterocycles. The molecule has 1 N–H and O–H groups in total. The van der Waals surface area contributed by atoms with Crippen molar-refractivity contribution in [2.75, 3.05) is 11.9 Å². The van der Waals surface area contributed by atoms with Gasteiger partial charge >= 0.3 is 5.97 Å². The van der Waals surface area contributed by atoms with Crippen molar-refractivity contribution in [1.29, 1.82) is 0 Å². The Balaban J connectivity index is 2.08. The number of carbonyl (C=O) groups is 1. The van der Waals surface area contributed by atoms with Crippen molar-refractivity contribution >= 4 is 49.7 Å². The maximum absolute atomic E-state index is 10.7. The second kappa shape index (κ2) is 5.16. The summed E-state index contributed by atoms with van der Waals surface area (Å²) in [6.45, 7) is 0.717. The van der Waals surface area contributed by atoms with Gasteiger partial charge in [0.05, 0.1) is 9.98 Å². The standard InChI is InChI=1S/C10H9BrN2O2S2/c1-13(4-6-2-8(11)16-5-6)10-12-3-7(17-10)9(14)15/h2-3,5H,4H2,1H3,(H,14,15). The second-order valence-electron chi connectivity index (χ2n) is 3.43. The van der Waals surface area contributed by atoms with E-state index in [2.05, 4.69) is 26.3 Å². The van der Waals surface area contributed by atoms with E-state index >= 15 is 0 Å². The van der Waals surface area contributed by atoms with Gasteiger partial charge in [-0.25, -0.2) is 9.78 Å². The van der Waals surface area contributed by atoms with Crippen LogP contribution in [0.4, 0.5) is 5.13 Å². The Morgan fingerprint density at radius 2 is 2.41 bits per heavy atom. The molecule has 0 aliphatic rings. The summed E-state index contributed by atoms with van der Waals surface area (Å²) < 4.78 is 1.09. The van der Waals surface area contributed by atoms with Gasteiger partial charge in [-0.3, -0.25) is 0 Å². The first-order valence-corrected chi connectivity index (χ1v) is 7.18. The molecule has 2 heterocycles. The van der Waals surface area contributed by atoms with Gasteiger partial charge in [0.15, 0.2) is 5.13 Å². The summed E-state index contributed by atoms with van der Waals surface area (Å²) in [5.41, 5.74) is 1.18. The Hall–Kier alpha value is -0.920. The van der Waals surface area contributed by atoms with E-state index in [4.69, 9.17) is 5.11 Å². The van der Waals surface area contributed by atoms with Crippen molar-refractivity contribution in [2.24, 2.45) is 0 Å². The van der Waals surface area contributed by atoms with Crippen molar-refractivity contribution in [3.05, 3.63) is 31.9 Å². The highest BCUT2D eigenvalue weighted by Crippen LogP contribution is 2.25. The fraction of sp³-hybridized carbons (Fsp3) is 0.200. The summed E-state index contributed by atoms with van der Waals surface area (Å²) >= 11 is 6.22. The van der Waals surface area contributed by atoms with Crippen molar-refractivity contribution in [1.82, 2.24) is 4.98 Å². The van der Waals surface area contributed by atoms with Gasteiger partial charge in [0, 0.05) is 13.6 Å². The van der Waals surface area contributed by atoms with E-state index < -0.39 is 5.97 Å². The molecule has 0 unspecified atom stereocenters. The van der Waals surface area contributed by atoms with Gasteiger partial charge < -0.3 is 10.0 Å². The normalized spacial score (nSPS) is 10.5. The zero-order valence-electron chi connectivity index (χ0n) is 8.88. The van der Waals surface area contributed by atoms with Crippen LogP contribution in [0.25, 0.3) is 0 Å². The summed E-state index contributed by atoms with van der Waals surface area (Å²) in [5, 5.41) is 11.6. The summed E-state index contributed by atoms with van der Waals surface area (Å²) in [5.74, 6) is -0.930. The quantitative estimate of drug-likeness (QED) is 0.933. The lowest BCUT2D eigenvalue weighted by atomic mass is 10.3. The molecule has 0 aromatic carbocycles. The summed E-state index contributed by atoms with van der Waals surface area (Å²) in [6.07, 6.45) is 1.39. The molecule has 0 saturated heterocycles. The first-order valence-electron chi connectivity index (χ1n) is 4.69. The highest BCUT2D eigenvalue weighted by atomic mass is 79.9. The number of aromatic carboxylic acids is 1. The third kappa shape index (κ3) is 3.05. The first kappa shape index (κ1) is 12.5. The molecule has 4 nitrogen and oxygen atoms in total. The third-order valence-electron chi connectivity index (χ3n) is 2.07. The Bertz CT molecular complexity index is 538. The third-order valence-corrected chi connectivity index (χ3v) is 4.73. The summed E-state index contributed by atoms with van der Waals surface area (Å²) in [7, 11) is 1.90. The average molecular weight is 333 g/mol. The van der Waals surface area contributed by atoms with E-state index in [-0.39, 0.29) is 4.88 Å². The van der Waals surface area contributed by atoms with Crippen molar-refractivity contribution in [3.63, 3.8) is 0 Å². The Morgan fingerprint density at radius 3 is 2.94 bits per heavy atom. The maximum Gasteiger partial charge on any atom is 0.347 e. The van der Waals surface area contributed by atoms with Gasteiger partial charge in [-0.05, 0) is 32.9 Å². The van der Waals surface area contributed by atoms with Gasteiger partial charge in [0.1, 0.15) is 4.88 Å². The lowest BCUT2D eigenvalue weighted by molar-refractivity contribution is 0.0702. The van der Waals surface area contributed by atoms with Crippen LogP contribution in [0.1, 0.15) is 15.2 Å². The SMILES string of the molecule is CN(Cc1csc(Br)c1)c1ncc(C(=O)O)s1. The fourth-order valence-electron chi connectivity index (χ4n) is 1.31. The molecule has 0 bridgehead atoms. The molecule has 2 aromatic rings. The minimum atomic E-state index is -0.930. The van der Waals surface area contributed by atoms with Gasteiger partial charge in [0.25, 0.3) is 0 Å². The lowest BCUT2D eigenvalue weighted by Gasteiger charge is -2.14. The minimum Gasteiger partial charge on any atom is -0.477 e. The monoisotopic (exact) mass is 332 g/mol. The number of hydrogen-bond donors (Lipinski definition) is 1. The maximum atomic E-state index is 10.7. The van der Waals surface area contributed by atoms with Crippen LogP contribution in [0.2, 0.25) is 0 Å². The van der Waals surface area contributed by atoms with Crippen LogP contribution in [0.3, 0.4) is 0 Å². The average Bonchev–Trinajstić information content (AvgIpc) is 2.86. The van der Waals surface area contributed by atoms with Crippen LogP contribution >= 0.6 is 38.6 Å². The molecule has 90 valence electrons. The number of thiophene rings is 1.